The molecule has 34 heavy (non-hydrogen) atoms. The Morgan fingerprint density at radius 2 is 1.59 bits per heavy atom. The van der Waals surface area contributed by atoms with Gasteiger partial charge in [0.15, 0.2) is 6.29 Å². The van der Waals surface area contributed by atoms with Crippen molar-refractivity contribution >= 4 is 0 Å². The Balaban J connectivity index is 1.38. The number of ether oxygens (including phenoxy) is 3. The van der Waals surface area contributed by atoms with Gasteiger partial charge in [0.05, 0.1) is 19.8 Å². The van der Waals surface area contributed by atoms with Crippen LogP contribution in [0.2, 0.25) is 0 Å². The van der Waals surface area contributed by atoms with Gasteiger partial charge in [-0.2, -0.15) is 0 Å². The molecule has 1 saturated heterocycles. The molecule has 1 heterocycles. The van der Waals surface area contributed by atoms with Crippen molar-refractivity contribution in [1.82, 2.24) is 0 Å². The van der Waals surface area contributed by atoms with Crippen LogP contribution in [-0.4, -0.2) is 19.8 Å². The Morgan fingerprint density at radius 1 is 0.912 bits per heavy atom. The van der Waals surface area contributed by atoms with E-state index in [0.717, 1.165) is 56.3 Å². The molecule has 0 N–H and O–H groups in total. The van der Waals surface area contributed by atoms with Gasteiger partial charge in [-0.25, -0.2) is 0 Å². The number of benzene rings is 2. The first kappa shape index (κ1) is 26.5. The molecule has 0 saturated carbocycles. The van der Waals surface area contributed by atoms with E-state index in [1.807, 2.05) is 6.08 Å². The number of hydrogen-bond donors (Lipinski definition) is 0. The van der Waals surface area contributed by atoms with E-state index in [0.29, 0.717) is 5.92 Å². The lowest BCUT2D eigenvalue weighted by molar-refractivity contribution is -0.206. The molecule has 0 bridgehead atoms. The predicted molar refractivity (Wildman–Crippen MR) is 142 cm³/mol. The second-order valence-electron chi connectivity index (χ2n) is 9.80. The summed E-state index contributed by atoms with van der Waals surface area (Å²) < 4.78 is 18.0. The third kappa shape index (κ3) is 8.92. The Bertz CT molecular complexity index is 804. The largest absolute Gasteiger partial charge is 0.494 e. The van der Waals surface area contributed by atoms with Crippen molar-refractivity contribution in [3.63, 3.8) is 0 Å². The first-order valence-corrected chi connectivity index (χ1v) is 13.4. The molecule has 0 aliphatic carbocycles. The number of rotatable bonds is 15. The van der Waals surface area contributed by atoms with E-state index in [1.54, 1.807) is 0 Å². The van der Waals surface area contributed by atoms with Crippen LogP contribution < -0.4 is 4.74 Å². The first-order chi connectivity index (χ1) is 16.7. The molecule has 2 aromatic rings. The van der Waals surface area contributed by atoms with Crippen molar-refractivity contribution in [2.24, 2.45) is 11.8 Å². The third-order valence-corrected chi connectivity index (χ3v) is 6.91. The van der Waals surface area contributed by atoms with Gasteiger partial charge in [-0.05, 0) is 54.9 Å². The zero-order valence-corrected chi connectivity index (χ0v) is 21.3. The van der Waals surface area contributed by atoms with Gasteiger partial charge < -0.3 is 14.2 Å². The fraction of sp³-hybridized carbons (Fsp3) is 0.548. The molecule has 2 aromatic carbocycles. The molecule has 1 fully saturated rings. The summed E-state index contributed by atoms with van der Waals surface area (Å²) in [4.78, 5) is 0. The summed E-state index contributed by atoms with van der Waals surface area (Å²) in [5.41, 5.74) is 3.47. The van der Waals surface area contributed by atoms with Gasteiger partial charge in [-0.1, -0.05) is 88.4 Å². The highest BCUT2D eigenvalue weighted by Crippen LogP contribution is 2.30. The van der Waals surface area contributed by atoms with Gasteiger partial charge in [0.1, 0.15) is 5.75 Å². The molecule has 1 atom stereocenters. The topological polar surface area (TPSA) is 27.7 Å². The Morgan fingerprint density at radius 3 is 2.24 bits per heavy atom. The Kier molecular flexibility index (Phi) is 11.7. The van der Waals surface area contributed by atoms with Crippen molar-refractivity contribution in [2.75, 3.05) is 19.8 Å². The van der Waals surface area contributed by atoms with E-state index < -0.39 is 0 Å². The van der Waals surface area contributed by atoms with Gasteiger partial charge in [-0.15, -0.1) is 6.58 Å². The zero-order valence-electron chi connectivity index (χ0n) is 21.3. The average molecular weight is 465 g/mol. The van der Waals surface area contributed by atoms with Crippen LogP contribution in [0.25, 0.3) is 11.1 Å². The summed E-state index contributed by atoms with van der Waals surface area (Å²) in [6.45, 7) is 10.8. The highest BCUT2D eigenvalue weighted by molar-refractivity contribution is 5.64. The van der Waals surface area contributed by atoms with Crippen LogP contribution >= 0.6 is 0 Å². The van der Waals surface area contributed by atoms with Crippen LogP contribution in [0.4, 0.5) is 0 Å². The third-order valence-electron chi connectivity index (χ3n) is 6.91. The molecular weight excluding hydrogens is 420 g/mol. The fourth-order valence-electron chi connectivity index (χ4n) is 4.37. The molecule has 1 aliphatic heterocycles. The summed E-state index contributed by atoms with van der Waals surface area (Å²) in [6, 6.07) is 17.0. The molecule has 1 unspecified atom stereocenters. The highest BCUT2D eigenvalue weighted by atomic mass is 16.7. The minimum atomic E-state index is -0.251. The van der Waals surface area contributed by atoms with Crippen molar-refractivity contribution in [2.45, 2.75) is 77.9 Å². The number of unbranched alkanes of at least 4 members (excludes halogenated alkanes) is 4. The van der Waals surface area contributed by atoms with Gasteiger partial charge in [0.2, 0.25) is 0 Å². The smallest absolute Gasteiger partial charge is 0.183 e. The Hall–Kier alpha value is -2.10. The zero-order chi connectivity index (χ0) is 24.0. The summed E-state index contributed by atoms with van der Waals surface area (Å²) in [5.74, 6) is 2.30. The minimum Gasteiger partial charge on any atom is -0.494 e. The quantitative estimate of drug-likeness (QED) is 0.195. The van der Waals surface area contributed by atoms with E-state index in [-0.39, 0.29) is 6.29 Å². The van der Waals surface area contributed by atoms with Gasteiger partial charge in [0.25, 0.3) is 0 Å². The first-order valence-electron chi connectivity index (χ1n) is 13.4. The molecule has 0 aromatic heterocycles. The molecule has 3 heteroatoms. The SMILES string of the molecule is C=CCCCCC1COC(c2ccc(-c3ccc(OCCCCCC(C)CC)cc3)cc2)OC1. The maximum absolute atomic E-state index is 6.02. The highest BCUT2D eigenvalue weighted by Gasteiger charge is 2.23. The Labute approximate surface area is 207 Å². The number of allylic oxidation sites excluding steroid dienone is 1. The van der Waals surface area contributed by atoms with E-state index >= 15 is 0 Å². The molecule has 0 radical (unpaired) electrons. The second kappa shape index (κ2) is 15.0. The van der Waals surface area contributed by atoms with Crippen molar-refractivity contribution in [3.8, 4) is 16.9 Å². The molecule has 186 valence electrons. The van der Waals surface area contributed by atoms with Crippen molar-refractivity contribution < 1.29 is 14.2 Å². The van der Waals surface area contributed by atoms with Crippen LogP contribution in [0, 0.1) is 11.8 Å². The maximum atomic E-state index is 6.02. The summed E-state index contributed by atoms with van der Waals surface area (Å²) in [5, 5.41) is 0. The maximum Gasteiger partial charge on any atom is 0.183 e. The van der Waals surface area contributed by atoms with Crippen LogP contribution in [0.1, 0.15) is 83.5 Å². The van der Waals surface area contributed by atoms with E-state index in [1.165, 1.54) is 49.7 Å². The lowest BCUT2D eigenvalue weighted by Gasteiger charge is -2.29. The normalized spacial score (nSPS) is 19.0. The van der Waals surface area contributed by atoms with E-state index in [2.05, 4.69) is 69.0 Å². The van der Waals surface area contributed by atoms with E-state index in [9.17, 15) is 0 Å². The molecular formula is C31H44O3. The standard InChI is InChI=1S/C31H44O3/c1-4-6-7-10-13-26-23-33-31(34-24-26)29-16-14-27(15-17-29)28-18-20-30(21-19-28)32-22-11-8-9-12-25(3)5-2/h4,14-21,25-26,31H,1,5-13,22-24H2,2-3H3. The van der Waals surface area contributed by atoms with Crippen LogP contribution in [-0.2, 0) is 9.47 Å². The average Bonchev–Trinajstić information content (AvgIpc) is 2.89. The lowest BCUT2D eigenvalue weighted by Crippen LogP contribution is -2.27. The van der Waals surface area contributed by atoms with Crippen LogP contribution in [0.3, 0.4) is 0 Å². The van der Waals surface area contributed by atoms with Crippen molar-refractivity contribution in [1.29, 1.82) is 0 Å². The molecule has 3 rings (SSSR count). The van der Waals surface area contributed by atoms with Crippen molar-refractivity contribution in [3.05, 3.63) is 66.7 Å². The summed E-state index contributed by atoms with van der Waals surface area (Å²) in [6.07, 6.45) is 12.7. The molecule has 0 spiro atoms. The summed E-state index contributed by atoms with van der Waals surface area (Å²) in [7, 11) is 0. The van der Waals surface area contributed by atoms with Crippen LogP contribution in [0.15, 0.2) is 61.2 Å². The van der Waals surface area contributed by atoms with Gasteiger partial charge in [0, 0.05) is 11.5 Å². The fourth-order valence-corrected chi connectivity index (χ4v) is 4.37. The monoisotopic (exact) mass is 464 g/mol. The summed E-state index contributed by atoms with van der Waals surface area (Å²) >= 11 is 0. The predicted octanol–water partition coefficient (Wildman–Crippen LogP) is 8.75. The minimum absolute atomic E-state index is 0.251. The molecule has 3 nitrogen and oxygen atoms in total. The molecule has 1 aliphatic rings. The molecule has 0 amide bonds. The lowest BCUT2D eigenvalue weighted by atomic mass is 10.0. The van der Waals surface area contributed by atoms with Gasteiger partial charge >= 0.3 is 0 Å². The number of hydrogen-bond acceptors (Lipinski definition) is 3. The van der Waals surface area contributed by atoms with Gasteiger partial charge in [-0.3, -0.25) is 0 Å². The van der Waals surface area contributed by atoms with Crippen LogP contribution in [0.5, 0.6) is 5.75 Å². The van der Waals surface area contributed by atoms with E-state index in [4.69, 9.17) is 14.2 Å². The second-order valence-corrected chi connectivity index (χ2v) is 9.80.